The fraction of sp³-hybridized carbons (Fsp3) is 0.579. The van der Waals surface area contributed by atoms with Crippen LogP contribution in [0.2, 0.25) is 26.2 Å². The molecule has 2 nitrogen and oxygen atoms in total. The van der Waals surface area contributed by atoms with E-state index in [0.717, 1.165) is 38.9 Å². The van der Waals surface area contributed by atoms with Gasteiger partial charge in [0.1, 0.15) is 0 Å². The van der Waals surface area contributed by atoms with Gasteiger partial charge in [0.2, 0.25) is 0 Å². The molecule has 4 aliphatic rings. The molecule has 0 aliphatic heterocycles. The molecule has 0 aromatic heterocycles. The summed E-state index contributed by atoms with van der Waals surface area (Å²) in [4.78, 5) is 0. The molecule has 0 fully saturated rings. The predicted octanol–water partition coefficient (Wildman–Crippen LogP) is 4.34. The molecule has 0 radical (unpaired) electrons. The normalized spacial score (nSPS) is 23.7. The van der Waals surface area contributed by atoms with E-state index in [1.54, 1.807) is 0 Å². The van der Waals surface area contributed by atoms with Gasteiger partial charge >= 0.3 is 43.4 Å². The second-order valence-corrected chi connectivity index (χ2v) is 24.3. The van der Waals surface area contributed by atoms with Gasteiger partial charge in [0.25, 0.3) is 0 Å². The summed E-state index contributed by atoms with van der Waals surface area (Å²) in [5, 5.41) is 2.54. The maximum Gasteiger partial charge on any atom is 2.00 e. The first-order chi connectivity index (χ1) is 19.5. The number of halogens is 2. The fourth-order valence-electron chi connectivity index (χ4n) is 7.41. The minimum Gasteiger partial charge on any atom is -1.00 e. The van der Waals surface area contributed by atoms with Crippen molar-refractivity contribution >= 4 is 16.1 Å². The van der Waals surface area contributed by atoms with Crippen LogP contribution in [0.5, 0.6) is 0 Å². The minimum atomic E-state index is -1.84. The number of hydrogen-bond acceptors (Lipinski definition) is 2. The zero-order valence-electron chi connectivity index (χ0n) is 30.6. The van der Waals surface area contributed by atoms with Gasteiger partial charge in [-0.25, -0.2) is 22.5 Å². The van der Waals surface area contributed by atoms with Gasteiger partial charge in [-0.05, 0) is 48.7 Å². The van der Waals surface area contributed by atoms with Crippen molar-refractivity contribution in [2.24, 2.45) is 10.8 Å². The first-order valence-electron chi connectivity index (χ1n) is 16.1. The summed E-state index contributed by atoms with van der Waals surface area (Å²) in [5.41, 5.74) is 3.14. The minimum absolute atomic E-state index is 0. The molecule has 0 aromatic rings. The summed E-state index contributed by atoms with van der Waals surface area (Å²) in [6.07, 6.45) is 33.6. The molecule has 4 rings (SSSR count). The van der Waals surface area contributed by atoms with E-state index in [2.05, 4.69) is 154 Å². The second-order valence-electron chi connectivity index (χ2n) is 15.1. The molecule has 46 heavy (non-hydrogen) atoms. The van der Waals surface area contributed by atoms with Crippen LogP contribution in [0.3, 0.4) is 0 Å². The predicted molar refractivity (Wildman–Crippen MR) is 187 cm³/mol. The van der Waals surface area contributed by atoms with Crippen LogP contribution in [-0.4, -0.2) is 39.8 Å². The molecule has 0 bridgehead atoms. The van der Waals surface area contributed by atoms with E-state index >= 15 is 0 Å². The van der Waals surface area contributed by atoms with Gasteiger partial charge < -0.3 is 34.3 Å². The van der Waals surface area contributed by atoms with Crippen LogP contribution in [0.4, 0.5) is 0 Å². The smallest absolute Gasteiger partial charge is 1.00 e. The van der Waals surface area contributed by atoms with Crippen molar-refractivity contribution < 1.29 is 77.7 Å². The van der Waals surface area contributed by atoms with Crippen LogP contribution in [0, 0.1) is 23.0 Å². The summed E-state index contributed by atoms with van der Waals surface area (Å²) < 4.78 is 13.1. The monoisotopic (exact) mass is 768 g/mol. The van der Waals surface area contributed by atoms with E-state index in [9.17, 15) is 0 Å². The van der Waals surface area contributed by atoms with Crippen molar-refractivity contribution in [3.8, 4) is 0 Å². The summed E-state index contributed by atoms with van der Waals surface area (Å²) in [5.74, 6) is 0. The fourth-order valence-corrected chi connectivity index (χ4v) is 15.0. The van der Waals surface area contributed by atoms with Crippen molar-refractivity contribution in [3.63, 3.8) is 0 Å². The third kappa shape index (κ3) is 9.74. The van der Waals surface area contributed by atoms with Crippen LogP contribution in [0.1, 0.15) is 81.1 Å². The summed E-state index contributed by atoms with van der Waals surface area (Å²) in [7, 11) is -3.67. The van der Waals surface area contributed by atoms with Crippen molar-refractivity contribution in [2.75, 3.05) is 13.2 Å². The molecule has 0 saturated heterocycles. The molecule has 0 saturated carbocycles. The summed E-state index contributed by atoms with van der Waals surface area (Å²) >= 11 is 0. The number of ether oxygens (including phenoxy) is 2. The molecular formula is C38H58Cl2O2Si2Ti2. The van der Waals surface area contributed by atoms with E-state index in [1.165, 1.54) is 21.5 Å². The van der Waals surface area contributed by atoms with Crippen LogP contribution in [0.15, 0.2) is 82.3 Å². The third-order valence-electron chi connectivity index (χ3n) is 9.63. The van der Waals surface area contributed by atoms with Crippen LogP contribution in [-0.2, 0) is 52.9 Å². The zero-order chi connectivity index (χ0) is 31.5. The molecule has 4 aliphatic carbocycles. The number of hydrogen-bond donors (Lipinski definition) is 0. The first kappa shape index (κ1) is 48.4. The van der Waals surface area contributed by atoms with E-state index in [1.807, 2.05) is 0 Å². The van der Waals surface area contributed by atoms with E-state index in [0.29, 0.717) is 0 Å². The van der Waals surface area contributed by atoms with Gasteiger partial charge in [-0.1, -0.05) is 104 Å². The Morgan fingerprint density at radius 1 is 0.630 bits per heavy atom. The number of allylic oxidation sites excluding steroid dienone is 12. The number of rotatable bonds is 8. The van der Waals surface area contributed by atoms with Crippen LogP contribution < -0.4 is 24.8 Å². The third-order valence-corrected chi connectivity index (χ3v) is 18.3. The molecule has 0 heterocycles. The van der Waals surface area contributed by atoms with Crippen molar-refractivity contribution in [1.82, 2.24) is 0 Å². The molecular weight excluding hydrogens is 711 g/mol. The van der Waals surface area contributed by atoms with E-state index < -0.39 is 16.1 Å². The van der Waals surface area contributed by atoms with Gasteiger partial charge in [-0.2, -0.15) is 12.2 Å². The zero-order valence-corrected chi connectivity index (χ0v) is 37.2. The summed E-state index contributed by atoms with van der Waals surface area (Å²) in [6, 6.07) is 0. The second kappa shape index (κ2) is 19.0. The maximum atomic E-state index is 6.53. The Morgan fingerprint density at radius 3 is 1.20 bits per heavy atom. The van der Waals surface area contributed by atoms with Gasteiger partial charge in [0, 0.05) is 13.2 Å². The standard InChI is InChI=1S/2C19H29OSi.2ClH.2Ti/c2*1-7-20-19(21(5,6)16-12-8-9-13-16)15-11-10-14-17(19)18(2,3)4;;;;/h2*8,10-12,14H,7,9,15H2,1-6H3;2*1H;;/q2*-1;;;2*+2/p-2. The molecule has 0 spiro atoms. The Bertz CT molecular complexity index is 1150. The maximum absolute atomic E-state index is 6.53. The Kier molecular flexibility index (Phi) is 20.0. The van der Waals surface area contributed by atoms with Crippen molar-refractivity contribution in [3.05, 3.63) is 94.5 Å². The van der Waals surface area contributed by atoms with E-state index in [-0.39, 0.29) is 89.5 Å². The molecule has 252 valence electrons. The first-order valence-corrected chi connectivity index (χ1v) is 22.1. The average Bonchev–Trinajstić information content (AvgIpc) is 3.64. The van der Waals surface area contributed by atoms with Crippen LogP contribution in [0.25, 0.3) is 0 Å². The SMILES string of the molecule is CCOC1([Si](C)(C)C2=[C-]CC=C2)CC=CC=C1C(C)(C)C.CCOC1([Si](C)(C)C2=[C-]CC=C2)CC=CC=C1C(C)(C)C.[Cl-].[Cl-].[Ti+2].[Ti+2]. The van der Waals surface area contributed by atoms with Gasteiger partial charge in [-0.15, -0.1) is 12.8 Å². The summed E-state index contributed by atoms with van der Waals surface area (Å²) in [6.45, 7) is 29.4. The van der Waals surface area contributed by atoms with Gasteiger partial charge in [0.15, 0.2) is 0 Å². The van der Waals surface area contributed by atoms with Crippen molar-refractivity contribution in [2.45, 2.75) is 118 Å². The molecule has 8 heteroatoms. The topological polar surface area (TPSA) is 18.5 Å². The van der Waals surface area contributed by atoms with E-state index in [4.69, 9.17) is 9.47 Å². The molecule has 0 amide bonds. The average molecular weight is 770 g/mol. The van der Waals surface area contributed by atoms with Crippen molar-refractivity contribution in [1.29, 1.82) is 0 Å². The Labute approximate surface area is 327 Å². The molecule has 2 unspecified atom stereocenters. The molecule has 0 aromatic carbocycles. The Balaban J connectivity index is 0. The largest absolute Gasteiger partial charge is 2.00 e. The quantitative estimate of drug-likeness (QED) is 0.271. The molecule has 0 N–H and O–H groups in total. The van der Waals surface area contributed by atoms with Gasteiger partial charge in [-0.3, -0.25) is 12.2 Å². The Hall–Kier alpha value is 0.282. The Morgan fingerprint density at radius 2 is 0.957 bits per heavy atom. The van der Waals surface area contributed by atoms with Gasteiger partial charge in [0.05, 0.1) is 26.6 Å². The molecule has 2 atom stereocenters. The van der Waals surface area contributed by atoms with Crippen LogP contribution >= 0.6 is 0 Å².